The Morgan fingerprint density at radius 2 is 1.71 bits per heavy atom. The molecule has 2 aromatic carbocycles. The van der Waals surface area contributed by atoms with Crippen molar-refractivity contribution in [2.75, 3.05) is 38.7 Å². The van der Waals surface area contributed by atoms with Crippen molar-refractivity contribution >= 4 is 27.6 Å². The number of benzene rings is 2. The number of methoxy groups -OCH3 is 1. The van der Waals surface area contributed by atoms with Crippen LogP contribution < -0.4 is 14.8 Å². The SMILES string of the molecule is COc1ccc(S(=O)(=O)N2CCCCC2)cc1NC(=O)COC(=O)COc1ccc(C)c(C)c1. The van der Waals surface area contributed by atoms with Gasteiger partial charge < -0.3 is 19.5 Å². The molecule has 1 aliphatic rings. The molecule has 184 valence electrons. The molecule has 0 radical (unpaired) electrons. The zero-order valence-corrected chi connectivity index (χ0v) is 20.4. The molecule has 0 unspecified atom stereocenters. The van der Waals surface area contributed by atoms with Crippen molar-refractivity contribution in [2.24, 2.45) is 0 Å². The fraction of sp³-hybridized carbons (Fsp3) is 0.417. The van der Waals surface area contributed by atoms with Crippen LogP contribution in [0.4, 0.5) is 5.69 Å². The maximum atomic E-state index is 13.0. The van der Waals surface area contributed by atoms with E-state index in [0.29, 0.717) is 18.8 Å². The van der Waals surface area contributed by atoms with Gasteiger partial charge in [-0.05, 0) is 68.1 Å². The normalized spacial score (nSPS) is 14.3. The first kappa shape index (κ1) is 25.5. The minimum atomic E-state index is -3.69. The predicted octanol–water partition coefficient (Wildman–Crippen LogP) is 3.05. The molecular weight excluding hydrogens is 460 g/mol. The molecule has 1 heterocycles. The van der Waals surface area contributed by atoms with Gasteiger partial charge in [0.2, 0.25) is 10.0 Å². The molecule has 1 amide bonds. The molecule has 3 rings (SSSR count). The average molecular weight is 491 g/mol. The van der Waals surface area contributed by atoms with Crippen molar-refractivity contribution in [1.29, 1.82) is 0 Å². The van der Waals surface area contributed by atoms with E-state index in [1.54, 1.807) is 6.07 Å². The average Bonchev–Trinajstić information content (AvgIpc) is 2.84. The van der Waals surface area contributed by atoms with Crippen LogP contribution in [0.5, 0.6) is 11.5 Å². The van der Waals surface area contributed by atoms with E-state index in [1.165, 1.54) is 29.6 Å². The summed E-state index contributed by atoms with van der Waals surface area (Å²) < 4.78 is 43.0. The standard InChI is InChI=1S/C24H30N2O7S/c1-17-7-8-19(13-18(17)2)32-16-24(28)33-15-23(27)25-21-14-20(9-10-22(21)31-3)34(29,30)26-11-5-4-6-12-26/h7-10,13-14H,4-6,11-12,15-16H2,1-3H3,(H,25,27). The van der Waals surface area contributed by atoms with Crippen molar-refractivity contribution in [1.82, 2.24) is 4.31 Å². The maximum absolute atomic E-state index is 13.0. The van der Waals surface area contributed by atoms with Gasteiger partial charge in [0.1, 0.15) is 11.5 Å². The molecule has 0 atom stereocenters. The topological polar surface area (TPSA) is 111 Å². The Labute approximate surface area is 200 Å². The van der Waals surface area contributed by atoms with Gasteiger partial charge in [-0.2, -0.15) is 4.31 Å². The van der Waals surface area contributed by atoms with E-state index >= 15 is 0 Å². The van der Waals surface area contributed by atoms with E-state index in [4.69, 9.17) is 14.2 Å². The fourth-order valence-corrected chi connectivity index (χ4v) is 5.06. The van der Waals surface area contributed by atoms with E-state index in [2.05, 4.69) is 5.32 Å². The third-order valence-electron chi connectivity index (χ3n) is 5.60. The number of nitrogens with one attached hydrogen (secondary N) is 1. The van der Waals surface area contributed by atoms with Gasteiger partial charge in [-0.25, -0.2) is 13.2 Å². The first-order chi connectivity index (χ1) is 16.2. The fourth-order valence-electron chi connectivity index (χ4n) is 3.52. The Balaban J connectivity index is 1.58. The highest BCUT2D eigenvalue weighted by Crippen LogP contribution is 2.30. The van der Waals surface area contributed by atoms with Gasteiger partial charge in [-0.1, -0.05) is 12.5 Å². The number of carbonyl (C=O) groups excluding carboxylic acids is 2. The molecule has 1 fully saturated rings. The second-order valence-electron chi connectivity index (χ2n) is 8.07. The second kappa shape index (κ2) is 11.3. The van der Waals surface area contributed by atoms with Gasteiger partial charge >= 0.3 is 5.97 Å². The van der Waals surface area contributed by atoms with Gasteiger partial charge in [0, 0.05) is 13.1 Å². The first-order valence-corrected chi connectivity index (χ1v) is 12.5. The van der Waals surface area contributed by atoms with Gasteiger partial charge in [-0.3, -0.25) is 4.79 Å². The van der Waals surface area contributed by atoms with Crippen LogP contribution >= 0.6 is 0 Å². The Bertz CT molecular complexity index is 1140. The van der Waals surface area contributed by atoms with Crippen LogP contribution in [0.25, 0.3) is 0 Å². The molecule has 1 N–H and O–H groups in total. The third kappa shape index (κ3) is 6.48. The number of piperidine rings is 1. The molecule has 0 saturated carbocycles. The van der Waals surface area contributed by atoms with Crippen LogP contribution in [0.2, 0.25) is 0 Å². The van der Waals surface area contributed by atoms with Crippen LogP contribution in [0, 0.1) is 13.8 Å². The molecular formula is C24H30N2O7S. The van der Waals surface area contributed by atoms with Crippen LogP contribution in [-0.2, 0) is 24.3 Å². The zero-order valence-electron chi connectivity index (χ0n) is 19.6. The van der Waals surface area contributed by atoms with Crippen molar-refractivity contribution in [3.05, 3.63) is 47.5 Å². The third-order valence-corrected chi connectivity index (χ3v) is 7.49. The van der Waals surface area contributed by atoms with E-state index in [0.717, 1.165) is 30.4 Å². The predicted molar refractivity (Wildman–Crippen MR) is 127 cm³/mol. The Morgan fingerprint density at radius 3 is 2.38 bits per heavy atom. The zero-order chi connectivity index (χ0) is 24.7. The van der Waals surface area contributed by atoms with E-state index in [9.17, 15) is 18.0 Å². The number of carbonyl (C=O) groups is 2. The summed E-state index contributed by atoms with van der Waals surface area (Å²) in [4.78, 5) is 24.4. The lowest BCUT2D eigenvalue weighted by atomic mass is 10.1. The number of aryl methyl sites for hydroxylation is 2. The number of hydrogen-bond donors (Lipinski definition) is 1. The van der Waals surface area contributed by atoms with E-state index < -0.39 is 28.5 Å². The summed E-state index contributed by atoms with van der Waals surface area (Å²) in [7, 11) is -2.28. The van der Waals surface area contributed by atoms with Gasteiger partial charge in [0.05, 0.1) is 17.7 Å². The summed E-state index contributed by atoms with van der Waals surface area (Å²) in [5.74, 6) is -0.525. The summed E-state index contributed by atoms with van der Waals surface area (Å²) in [6.07, 6.45) is 2.64. The molecule has 9 nitrogen and oxygen atoms in total. The lowest BCUT2D eigenvalue weighted by Gasteiger charge is -2.26. The number of sulfonamides is 1. The maximum Gasteiger partial charge on any atom is 0.344 e. The summed E-state index contributed by atoms with van der Waals surface area (Å²) >= 11 is 0. The largest absolute Gasteiger partial charge is 0.495 e. The van der Waals surface area contributed by atoms with Gasteiger partial charge in [0.15, 0.2) is 13.2 Å². The lowest BCUT2D eigenvalue weighted by molar-refractivity contribution is -0.149. The first-order valence-electron chi connectivity index (χ1n) is 11.0. The van der Waals surface area contributed by atoms with E-state index in [1.807, 2.05) is 26.0 Å². The van der Waals surface area contributed by atoms with Crippen molar-refractivity contribution < 1.29 is 32.2 Å². The second-order valence-corrected chi connectivity index (χ2v) is 10.0. The molecule has 0 aliphatic carbocycles. The molecule has 0 spiro atoms. The van der Waals surface area contributed by atoms with E-state index in [-0.39, 0.29) is 22.9 Å². The van der Waals surface area contributed by atoms with Gasteiger partial charge in [0.25, 0.3) is 5.91 Å². The van der Waals surface area contributed by atoms with Crippen molar-refractivity contribution in [3.63, 3.8) is 0 Å². The summed E-state index contributed by atoms with van der Waals surface area (Å²) in [6.45, 7) is 3.95. The van der Waals surface area contributed by atoms with Crippen LogP contribution in [0.3, 0.4) is 0 Å². The summed E-state index contributed by atoms with van der Waals surface area (Å²) in [5.41, 5.74) is 2.31. The molecule has 0 aromatic heterocycles. The summed E-state index contributed by atoms with van der Waals surface area (Å²) in [5, 5.41) is 2.55. The number of hydrogen-bond acceptors (Lipinski definition) is 7. The highest BCUT2D eigenvalue weighted by molar-refractivity contribution is 7.89. The number of ether oxygens (including phenoxy) is 3. The molecule has 0 bridgehead atoms. The quantitative estimate of drug-likeness (QED) is 0.538. The number of anilines is 1. The van der Waals surface area contributed by atoms with Crippen LogP contribution in [-0.4, -0.2) is 58.0 Å². The lowest BCUT2D eigenvalue weighted by Crippen LogP contribution is -2.35. The Hall–Kier alpha value is -3.11. The summed E-state index contributed by atoms with van der Waals surface area (Å²) in [6, 6.07) is 9.73. The molecule has 2 aromatic rings. The molecule has 10 heteroatoms. The smallest absolute Gasteiger partial charge is 0.344 e. The number of rotatable bonds is 9. The number of amides is 1. The number of esters is 1. The van der Waals surface area contributed by atoms with Crippen molar-refractivity contribution in [2.45, 2.75) is 38.0 Å². The monoisotopic (exact) mass is 490 g/mol. The van der Waals surface area contributed by atoms with Gasteiger partial charge in [-0.15, -0.1) is 0 Å². The van der Waals surface area contributed by atoms with Crippen LogP contribution in [0.15, 0.2) is 41.3 Å². The molecule has 34 heavy (non-hydrogen) atoms. The highest BCUT2D eigenvalue weighted by atomic mass is 32.2. The minimum Gasteiger partial charge on any atom is -0.495 e. The van der Waals surface area contributed by atoms with Crippen molar-refractivity contribution in [3.8, 4) is 11.5 Å². The Kier molecular flexibility index (Phi) is 8.51. The Morgan fingerprint density at radius 1 is 0.971 bits per heavy atom. The molecule has 1 aliphatic heterocycles. The minimum absolute atomic E-state index is 0.0595. The highest BCUT2D eigenvalue weighted by Gasteiger charge is 2.27. The van der Waals surface area contributed by atoms with Crippen LogP contribution in [0.1, 0.15) is 30.4 Å². The molecule has 1 saturated heterocycles. The number of nitrogens with zero attached hydrogens (tertiary/aromatic N) is 1.